The first-order valence-corrected chi connectivity index (χ1v) is 12.9. The number of nitrogens with zero attached hydrogens (tertiary/aromatic N) is 6. The van der Waals surface area contributed by atoms with Crippen LogP contribution >= 0.6 is 11.3 Å². The van der Waals surface area contributed by atoms with Crippen LogP contribution in [0, 0.1) is 18.7 Å². The first kappa shape index (κ1) is 23.4. The molecule has 0 saturated carbocycles. The molecule has 0 atom stereocenters. The third-order valence-corrected chi connectivity index (χ3v) is 7.20. The van der Waals surface area contributed by atoms with Gasteiger partial charge in [0, 0.05) is 32.6 Å². The molecule has 0 radical (unpaired) electrons. The first-order chi connectivity index (χ1) is 16.9. The molecule has 0 bridgehead atoms. The van der Waals surface area contributed by atoms with Gasteiger partial charge in [0.2, 0.25) is 0 Å². The molecule has 3 aromatic heterocycles. The van der Waals surface area contributed by atoms with Gasteiger partial charge in [0.15, 0.2) is 5.65 Å². The fourth-order valence-corrected chi connectivity index (χ4v) is 5.09. The summed E-state index contributed by atoms with van der Waals surface area (Å²) < 4.78 is 15.3. The number of aromatic nitrogens is 4. The quantitative estimate of drug-likeness (QED) is 0.384. The van der Waals surface area contributed by atoms with E-state index in [1.54, 1.807) is 16.8 Å². The van der Waals surface area contributed by atoms with Crippen LogP contribution in [0.2, 0.25) is 0 Å². The van der Waals surface area contributed by atoms with Crippen molar-refractivity contribution in [2.24, 2.45) is 5.92 Å². The topological polar surface area (TPSA) is 67.2 Å². The highest BCUT2D eigenvalue weighted by Crippen LogP contribution is 2.30. The maximum Gasteiger partial charge on any atom is 0.264 e. The molecule has 4 aromatic rings. The summed E-state index contributed by atoms with van der Waals surface area (Å²) in [5.41, 5.74) is 2.32. The van der Waals surface area contributed by atoms with Gasteiger partial charge in [-0.25, -0.2) is 19.0 Å². The molecule has 0 N–H and O–H groups in total. The van der Waals surface area contributed by atoms with Gasteiger partial charge in [0.1, 0.15) is 17.5 Å². The molecule has 0 unspecified atom stereocenters. The number of carbonyl (C=O) groups is 1. The van der Waals surface area contributed by atoms with Crippen LogP contribution in [-0.2, 0) is 6.42 Å². The predicted molar refractivity (Wildman–Crippen MR) is 137 cm³/mol. The van der Waals surface area contributed by atoms with Crippen LogP contribution in [0.25, 0.3) is 16.7 Å². The molecule has 1 fully saturated rings. The van der Waals surface area contributed by atoms with Crippen molar-refractivity contribution in [3.8, 4) is 5.69 Å². The normalized spacial score (nSPS) is 14.3. The lowest BCUT2D eigenvalue weighted by Gasteiger charge is -2.35. The third-order valence-electron chi connectivity index (χ3n) is 6.34. The number of carbonyl (C=O) groups excluding carboxylic acids is 1. The van der Waals surface area contributed by atoms with Crippen LogP contribution in [0.1, 0.15) is 41.5 Å². The number of piperazine rings is 1. The van der Waals surface area contributed by atoms with E-state index in [9.17, 15) is 9.18 Å². The maximum absolute atomic E-state index is 13.6. The van der Waals surface area contributed by atoms with Gasteiger partial charge < -0.3 is 9.80 Å². The largest absolute Gasteiger partial charge is 0.352 e. The van der Waals surface area contributed by atoms with Crippen molar-refractivity contribution in [3.63, 3.8) is 0 Å². The molecule has 1 saturated heterocycles. The van der Waals surface area contributed by atoms with Gasteiger partial charge in [-0.3, -0.25) is 4.79 Å². The van der Waals surface area contributed by atoms with Crippen LogP contribution < -0.4 is 4.90 Å². The lowest BCUT2D eigenvalue weighted by molar-refractivity contribution is 0.0751. The van der Waals surface area contributed by atoms with Gasteiger partial charge in [0.05, 0.1) is 21.6 Å². The number of benzene rings is 1. The molecule has 1 aromatic carbocycles. The Labute approximate surface area is 208 Å². The van der Waals surface area contributed by atoms with Gasteiger partial charge in [0.25, 0.3) is 5.91 Å². The van der Waals surface area contributed by atoms with Crippen LogP contribution in [0.5, 0.6) is 0 Å². The fraction of sp³-hybridized carbons (Fsp3) is 0.385. The molecule has 1 aliphatic rings. The molecular weight excluding hydrogens is 463 g/mol. The van der Waals surface area contributed by atoms with Gasteiger partial charge in [-0.15, -0.1) is 11.3 Å². The average Bonchev–Trinajstić information content (AvgIpc) is 3.51. The van der Waals surface area contributed by atoms with Crippen molar-refractivity contribution in [2.45, 2.75) is 33.6 Å². The number of hydrogen-bond donors (Lipinski definition) is 0. The summed E-state index contributed by atoms with van der Waals surface area (Å²) in [5, 5.41) is 7.60. The summed E-state index contributed by atoms with van der Waals surface area (Å²) in [6.07, 6.45) is 1.75. The van der Waals surface area contributed by atoms with Gasteiger partial charge >= 0.3 is 0 Å². The molecule has 0 spiro atoms. The van der Waals surface area contributed by atoms with E-state index in [4.69, 9.17) is 15.1 Å². The fourth-order valence-electron chi connectivity index (χ4n) is 4.40. The van der Waals surface area contributed by atoms with Crippen molar-refractivity contribution in [1.82, 2.24) is 24.6 Å². The van der Waals surface area contributed by atoms with E-state index < -0.39 is 0 Å². The summed E-state index contributed by atoms with van der Waals surface area (Å²) in [6, 6.07) is 10.1. The molecule has 5 rings (SSSR count). The maximum atomic E-state index is 13.6. The Balaban J connectivity index is 1.50. The number of hydrogen-bond acceptors (Lipinski definition) is 6. The Hall–Kier alpha value is -3.33. The number of anilines is 1. The first-order valence-electron chi connectivity index (χ1n) is 12.0. The summed E-state index contributed by atoms with van der Waals surface area (Å²) in [4.78, 5) is 27.6. The number of thiophene rings is 1. The molecule has 7 nitrogen and oxygen atoms in total. The Morgan fingerprint density at radius 2 is 1.83 bits per heavy atom. The molecule has 182 valence electrons. The monoisotopic (exact) mass is 492 g/mol. The molecule has 4 heterocycles. The minimum atomic E-state index is -0.287. The Morgan fingerprint density at radius 1 is 1.09 bits per heavy atom. The summed E-state index contributed by atoms with van der Waals surface area (Å²) in [5.74, 6) is 1.98. The Morgan fingerprint density at radius 3 is 2.49 bits per heavy atom. The highest BCUT2D eigenvalue weighted by molar-refractivity contribution is 7.12. The second-order valence-electron chi connectivity index (χ2n) is 9.32. The molecule has 9 heteroatoms. The standard InChI is InChI=1S/C26H29FN6OS/c1-17(2)6-11-22-28-24(31-12-14-32(15-13-31)26(34)21-5-4-16-35-21)23-18(3)30-33(25(23)29-22)20-9-7-19(27)8-10-20/h4-5,7-10,16-17H,6,11-15H2,1-3H3. The smallest absolute Gasteiger partial charge is 0.264 e. The van der Waals surface area contributed by atoms with E-state index in [1.807, 2.05) is 29.3 Å². The second-order valence-corrected chi connectivity index (χ2v) is 10.3. The molecule has 1 aliphatic heterocycles. The van der Waals surface area contributed by atoms with Crippen molar-refractivity contribution >= 4 is 34.1 Å². The number of halogens is 1. The van der Waals surface area contributed by atoms with Gasteiger partial charge in [-0.05, 0) is 55.0 Å². The summed E-state index contributed by atoms with van der Waals surface area (Å²) in [6.45, 7) is 8.98. The lowest BCUT2D eigenvalue weighted by Crippen LogP contribution is -2.49. The van der Waals surface area contributed by atoms with E-state index in [2.05, 4.69) is 18.7 Å². The minimum Gasteiger partial charge on any atom is -0.352 e. The Bertz CT molecular complexity index is 1320. The van der Waals surface area contributed by atoms with Crippen LogP contribution in [-0.4, -0.2) is 56.7 Å². The summed E-state index contributed by atoms with van der Waals surface area (Å²) >= 11 is 1.48. The van der Waals surface area contributed by atoms with E-state index >= 15 is 0 Å². The molecule has 0 aliphatic carbocycles. The number of aryl methyl sites for hydroxylation is 2. The van der Waals surface area contributed by atoms with Crippen molar-refractivity contribution in [3.05, 3.63) is 64.0 Å². The van der Waals surface area contributed by atoms with E-state index in [1.165, 1.54) is 23.5 Å². The second kappa shape index (κ2) is 9.73. The highest BCUT2D eigenvalue weighted by Gasteiger charge is 2.27. The third kappa shape index (κ3) is 4.77. The predicted octanol–water partition coefficient (Wildman–Crippen LogP) is 4.88. The van der Waals surface area contributed by atoms with Crippen LogP contribution in [0.3, 0.4) is 0 Å². The van der Waals surface area contributed by atoms with E-state index in [-0.39, 0.29) is 11.7 Å². The summed E-state index contributed by atoms with van der Waals surface area (Å²) in [7, 11) is 0. The molecular formula is C26H29FN6OS. The number of fused-ring (bicyclic) bond motifs is 1. The number of rotatable bonds is 6. The van der Waals surface area contributed by atoms with E-state index in [0.717, 1.165) is 51.8 Å². The van der Waals surface area contributed by atoms with Gasteiger partial charge in [-0.2, -0.15) is 5.10 Å². The molecule has 35 heavy (non-hydrogen) atoms. The lowest BCUT2D eigenvalue weighted by atomic mass is 10.1. The highest BCUT2D eigenvalue weighted by atomic mass is 32.1. The van der Waals surface area contributed by atoms with Crippen molar-refractivity contribution < 1.29 is 9.18 Å². The zero-order valence-corrected chi connectivity index (χ0v) is 21.1. The zero-order valence-electron chi connectivity index (χ0n) is 20.2. The van der Waals surface area contributed by atoms with Crippen molar-refractivity contribution in [2.75, 3.05) is 31.1 Å². The van der Waals surface area contributed by atoms with Crippen LogP contribution in [0.15, 0.2) is 41.8 Å². The Kier molecular flexibility index (Phi) is 6.51. The average molecular weight is 493 g/mol. The van der Waals surface area contributed by atoms with Crippen LogP contribution in [0.4, 0.5) is 10.2 Å². The van der Waals surface area contributed by atoms with Crippen molar-refractivity contribution in [1.29, 1.82) is 0 Å². The number of amides is 1. The zero-order chi connectivity index (χ0) is 24.5. The molecule has 1 amide bonds. The minimum absolute atomic E-state index is 0.0883. The van der Waals surface area contributed by atoms with Gasteiger partial charge in [-0.1, -0.05) is 19.9 Å². The van der Waals surface area contributed by atoms with E-state index in [0.29, 0.717) is 32.1 Å². The SMILES string of the molecule is Cc1nn(-c2ccc(F)cc2)c2nc(CCC(C)C)nc(N3CCN(C(=O)c4cccs4)CC3)c12.